The molecular formula is C13H20N2O3S. The van der Waals surface area contributed by atoms with Crippen LogP contribution >= 0.6 is 11.3 Å². The molecule has 0 bridgehead atoms. The van der Waals surface area contributed by atoms with Crippen LogP contribution in [0.4, 0.5) is 5.13 Å². The van der Waals surface area contributed by atoms with E-state index in [0.717, 1.165) is 23.9 Å². The van der Waals surface area contributed by atoms with Gasteiger partial charge in [-0.1, -0.05) is 0 Å². The molecule has 19 heavy (non-hydrogen) atoms. The van der Waals surface area contributed by atoms with Crippen LogP contribution in [0.1, 0.15) is 32.9 Å². The third-order valence-corrected chi connectivity index (χ3v) is 4.27. The highest BCUT2D eigenvalue weighted by Gasteiger charge is 2.37. The standard InChI is InChI=1S/C13H20N2O3S/c1-4-17-11(16)7-10-8-19-12(14-10)15-13(3)5-6-18-9(13)2/h8-9H,4-7H2,1-3H3,(H,14,15). The highest BCUT2D eigenvalue weighted by atomic mass is 32.1. The SMILES string of the molecule is CCOC(=O)Cc1csc(NC2(C)CCOC2C)n1. The van der Waals surface area contributed by atoms with Crippen LogP contribution in [-0.4, -0.2) is 35.8 Å². The van der Waals surface area contributed by atoms with E-state index in [1.165, 1.54) is 11.3 Å². The molecule has 2 heterocycles. The molecule has 0 radical (unpaired) electrons. The van der Waals surface area contributed by atoms with Gasteiger partial charge in [-0.2, -0.15) is 0 Å². The summed E-state index contributed by atoms with van der Waals surface area (Å²) in [4.78, 5) is 15.8. The van der Waals surface area contributed by atoms with Crippen LogP contribution in [0, 0.1) is 0 Å². The van der Waals surface area contributed by atoms with E-state index in [-0.39, 0.29) is 24.0 Å². The number of carbonyl (C=O) groups is 1. The minimum absolute atomic E-state index is 0.0843. The van der Waals surface area contributed by atoms with E-state index in [9.17, 15) is 4.79 Å². The number of ether oxygens (including phenoxy) is 2. The van der Waals surface area contributed by atoms with Gasteiger partial charge >= 0.3 is 5.97 Å². The van der Waals surface area contributed by atoms with Gasteiger partial charge in [0.1, 0.15) is 0 Å². The zero-order valence-electron chi connectivity index (χ0n) is 11.6. The molecular weight excluding hydrogens is 264 g/mol. The number of anilines is 1. The predicted octanol–water partition coefficient (Wildman–Crippen LogP) is 2.23. The lowest BCUT2D eigenvalue weighted by Crippen LogP contribution is -2.41. The number of nitrogens with zero attached hydrogens (tertiary/aromatic N) is 1. The maximum atomic E-state index is 11.4. The fraction of sp³-hybridized carbons (Fsp3) is 0.692. The Morgan fingerprint density at radius 3 is 3.16 bits per heavy atom. The minimum atomic E-state index is -0.233. The number of hydrogen-bond donors (Lipinski definition) is 1. The Morgan fingerprint density at radius 2 is 2.53 bits per heavy atom. The second-order valence-electron chi connectivity index (χ2n) is 4.93. The Morgan fingerprint density at radius 1 is 1.74 bits per heavy atom. The Balaban J connectivity index is 1.96. The second-order valence-corrected chi connectivity index (χ2v) is 5.79. The van der Waals surface area contributed by atoms with Crippen LogP contribution in [0.25, 0.3) is 0 Å². The smallest absolute Gasteiger partial charge is 0.311 e. The van der Waals surface area contributed by atoms with Crippen molar-refractivity contribution < 1.29 is 14.3 Å². The van der Waals surface area contributed by atoms with Gasteiger partial charge in [0.05, 0.1) is 30.4 Å². The number of thiazole rings is 1. The monoisotopic (exact) mass is 284 g/mol. The van der Waals surface area contributed by atoms with Crippen molar-refractivity contribution in [2.75, 3.05) is 18.5 Å². The molecule has 1 aliphatic heterocycles. The fourth-order valence-corrected chi connectivity index (χ4v) is 2.89. The summed E-state index contributed by atoms with van der Waals surface area (Å²) in [6.45, 7) is 7.17. The predicted molar refractivity (Wildman–Crippen MR) is 74.5 cm³/mol. The summed E-state index contributed by atoms with van der Waals surface area (Å²) in [5.74, 6) is -0.233. The Hall–Kier alpha value is -1.14. The Labute approximate surface area is 117 Å². The van der Waals surface area contributed by atoms with Gasteiger partial charge in [0, 0.05) is 12.0 Å². The maximum absolute atomic E-state index is 11.4. The molecule has 5 nitrogen and oxygen atoms in total. The van der Waals surface area contributed by atoms with Crippen molar-refractivity contribution in [3.05, 3.63) is 11.1 Å². The molecule has 106 valence electrons. The molecule has 1 aromatic heterocycles. The fourth-order valence-electron chi connectivity index (χ4n) is 2.05. The lowest BCUT2D eigenvalue weighted by atomic mass is 9.95. The lowest BCUT2D eigenvalue weighted by molar-refractivity contribution is -0.142. The van der Waals surface area contributed by atoms with Gasteiger partial charge in [0.25, 0.3) is 0 Å². The van der Waals surface area contributed by atoms with Crippen molar-refractivity contribution in [3.63, 3.8) is 0 Å². The molecule has 1 aromatic rings. The summed E-state index contributed by atoms with van der Waals surface area (Å²) in [5, 5.41) is 6.15. The normalized spacial score (nSPS) is 26.4. The topological polar surface area (TPSA) is 60.5 Å². The van der Waals surface area contributed by atoms with Crippen LogP contribution in [0.2, 0.25) is 0 Å². The quantitative estimate of drug-likeness (QED) is 0.840. The molecule has 1 fully saturated rings. The first-order valence-electron chi connectivity index (χ1n) is 6.53. The summed E-state index contributed by atoms with van der Waals surface area (Å²) in [6.07, 6.45) is 1.35. The molecule has 1 aliphatic rings. The molecule has 1 saturated heterocycles. The van der Waals surface area contributed by atoms with Crippen LogP contribution in [-0.2, 0) is 20.7 Å². The van der Waals surface area contributed by atoms with Crippen LogP contribution in [0.15, 0.2) is 5.38 Å². The van der Waals surface area contributed by atoms with Gasteiger partial charge in [-0.3, -0.25) is 4.79 Å². The number of aromatic nitrogens is 1. The molecule has 2 atom stereocenters. The number of hydrogen-bond acceptors (Lipinski definition) is 6. The molecule has 6 heteroatoms. The third kappa shape index (κ3) is 3.45. The van der Waals surface area contributed by atoms with E-state index in [1.54, 1.807) is 6.92 Å². The summed E-state index contributed by atoms with van der Waals surface area (Å²) < 4.78 is 10.5. The molecule has 0 aromatic carbocycles. The Bertz CT molecular complexity index is 449. The van der Waals surface area contributed by atoms with E-state index in [2.05, 4.69) is 24.1 Å². The van der Waals surface area contributed by atoms with Crippen molar-refractivity contribution in [3.8, 4) is 0 Å². The van der Waals surface area contributed by atoms with Crippen LogP contribution in [0.5, 0.6) is 0 Å². The van der Waals surface area contributed by atoms with E-state index in [0.29, 0.717) is 6.61 Å². The molecule has 1 N–H and O–H groups in total. The summed E-state index contributed by atoms with van der Waals surface area (Å²) in [5.41, 5.74) is 0.667. The summed E-state index contributed by atoms with van der Waals surface area (Å²) >= 11 is 1.51. The molecule has 0 saturated carbocycles. The molecule has 2 rings (SSSR count). The number of rotatable bonds is 5. The Kier molecular flexibility index (Phi) is 4.42. The molecule has 0 aliphatic carbocycles. The van der Waals surface area contributed by atoms with E-state index >= 15 is 0 Å². The maximum Gasteiger partial charge on any atom is 0.311 e. The number of carbonyl (C=O) groups excluding carboxylic acids is 1. The van der Waals surface area contributed by atoms with E-state index in [1.807, 2.05) is 5.38 Å². The van der Waals surface area contributed by atoms with Crippen LogP contribution < -0.4 is 5.32 Å². The van der Waals surface area contributed by atoms with Gasteiger partial charge in [0.15, 0.2) is 5.13 Å². The molecule has 0 amide bonds. The number of esters is 1. The zero-order valence-corrected chi connectivity index (χ0v) is 12.4. The highest BCUT2D eigenvalue weighted by molar-refractivity contribution is 7.13. The van der Waals surface area contributed by atoms with Crippen molar-refractivity contribution in [2.24, 2.45) is 0 Å². The second kappa shape index (κ2) is 5.88. The average molecular weight is 284 g/mol. The van der Waals surface area contributed by atoms with Gasteiger partial charge in [-0.05, 0) is 27.2 Å². The first-order chi connectivity index (χ1) is 9.03. The van der Waals surface area contributed by atoms with Gasteiger partial charge in [-0.25, -0.2) is 4.98 Å². The van der Waals surface area contributed by atoms with E-state index < -0.39 is 0 Å². The largest absolute Gasteiger partial charge is 0.466 e. The van der Waals surface area contributed by atoms with Gasteiger partial charge in [0.2, 0.25) is 0 Å². The average Bonchev–Trinajstić information content (AvgIpc) is 2.88. The van der Waals surface area contributed by atoms with Crippen molar-refractivity contribution >= 4 is 22.4 Å². The lowest BCUT2D eigenvalue weighted by Gasteiger charge is -2.28. The van der Waals surface area contributed by atoms with Gasteiger partial charge in [-0.15, -0.1) is 11.3 Å². The van der Waals surface area contributed by atoms with E-state index in [4.69, 9.17) is 9.47 Å². The highest BCUT2D eigenvalue weighted by Crippen LogP contribution is 2.30. The first kappa shape index (κ1) is 14.3. The van der Waals surface area contributed by atoms with Gasteiger partial charge < -0.3 is 14.8 Å². The molecule has 0 spiro atoms. The van der Waals surface area contributed by atoms with Crippen molar-refractivity contribution in [1.29, 1.82) is 0 Å². The summed E-state index contributed by atoms with van der Waals surface area (Å²) in [7, 11) is 0. The number of nitrogens with one attached hydrogen (secondary N) is 1. The van der Waals surface area contributed by atoms with Crippen molar-refractivity contribution in [2.45, 2.75) is 45.3 Å². The first-order valence-corrected chi connectivity index (χ1v) is 7.41. The third-order valence-electron chi connectivity index (χ3n) is 3.46. The molecule has 2 unspecified atom stereocenters. The minimum Gasteiger partial charge on any atom is -0.466 e. The van der Waals surface area contributed by atoms with Crippen molar-refractivity contribution in [1.82, 2.24) is 4.98 Å². The zero-order chi connectivity index (χ0) is 13.9. The van der Waals surface area contributed by atoms with Crippen LogP contribution in [0.3, 0.4) is 0 Å². The summed E-state index contributed by atoms with van der Waals surface area (Å²) in [6, 6.07) is 0.